The zero-order valence-corrected chi connectivity index (χ0v) is 12.3. The number of carbonyl (C=O) groups is 2. The van der Waals surface area contributed by atoms with Gasteiger partial charge in [0, 0.05) is 6.42 Å². The number of Topliss-reactive ketones (excluding diaryl/α,β-unsaturated/α-hetero) is 1. The minimum atomic E-state index is -3.97. The molecule has 0 aromatic heterocycles. The lowest BCUT2D eigenvalue weighted by Crippen LogP contribution is -2.41. The number of hydrogen-bond donors (Lipinski definition) is 2. The normalized spacial score (nSPS) is 12.9. The smallest absolute Gasteiger partial charge is 0.322 e. The summed E-state index contributed by atoms with van der Waals surface area (Å²) in [5.74, 6) is -1.78. The first kappa shape index (κ1) is 16.3. The summed E-state index contributed by atoms with van der Waals surface area (Å²) in [4.78, 5) is 21.9. The van der Waals surface area contributed by atoms with Crippen molar-refractivity contribution in [1.29, 1.82) is 0 Å². The molecule has 0 saturated heterocycles. The molecule has 0 aliphatic carbocycles. The van der Waals surface area contributed by atoms with E-state index in [2.05, 4.69) is 0 Å². The first-order valence-corrected chi connectivity index (χ1v) is 7.43. The molecular formula is C13H17NO5S. The number of carbonyl (C=O) groups excluding carboxylic acids is 1. The molecule has 0 aliphatic rings. The third-order valence-electron chi connectivity index (χ3n) is 2.88. The average Bonchev–Trinajstić information content (AvgIpc) is 2.30. The molecule has 7 heteroatoms. The maximum atomic E-state index is 12.1. The fourth-order valence-electron chi connectivity index (χ4n) is 1.60. The van der Waals surface area contributed by atoms with Crippen molar-refractivity contribution in [2.75, 3.05) is 0 Å². The summed E-state index contributed by atoms with van der Waals surface area (Å²) in [6.07, 6.45) is -0.389. The van der Waals surface area contributed by atoms with E-state index < -0.39 is 27.8 Å². The van der Waals surface area contributed by atoms with E-state index >= 15 is 0 Å². The van der Waals surface area contributed by atoms with Crippen LogP contribution >= 0.6 is 0 Å². The Bertz CT molecular complexity index is 636. The first-order chi connectivity index (χ1) is 9.13. The van der Waals surface area contributed by atoms with Crippen molar-refractivity contribution in [1.82, 2.24) is 4.72 Å². The van der Waals surface area contributed by atoms with Gasteiger partial charge in [0.15, 0.2) is 0 Å². The molecule has 0 radical (unpaired) electrons. The predicted molar refractivity (Wildman–Crippen MR) is 73.0 cm³/mol. The Balaban J connectivity index is 3.06. The third-order valence-corrected chi connectivity index (χ3v) is 4.35. The number of aliphatic carboxylic acids is 1. The molecule has 0 fully saturated rings. The Morgan fingerprint density at radius 3 is 2.30 bits per heavy atom. The molecular weight excluding hydrogens is 282 g/mol. The van der Waals surface area contributed by atoms with Crippen LogP contribution in [0.25, 0.3) is 0 Å². The molecule has 0 heterocycles. The van der Waals surface area contributed by atoms with Gasteiger partial charge >= 0.3 is 5.97 Å². The number of hydrogen-bond acceptors (Lipinski definition) is 4. The molecule has 1 rings (SSSR count). The third kappa shape index (κ3) is 4.14. The zero-order valence-electron chi connectivity index (χ0n) is 11.5. The Hall–Kier alpha value is -1.73. The topological polar surface area (TPSA) is 101 Å². The number of carboxylic acid groups (broad SMARTS) is 1. The molecule has 0 saturated carbocycles. The number of nitrogens with one attached hydrogen (secondary N) is 1. The standard InChI is InChI=1S/C13H17NO5S/c1-8-4-5-11(6-9(8)2)20(18,19)14-12(13(16)17)7-10(3)15/h4-6,12,14H,7H2,1-3H3,(H,16,17). The summed E-state index contributed by atoms with van der Waals surface area (Å²) >= 11 is 0. The van der Waals surface area contributed by atoms with E-state index in [-0.39, 0.29) is 11.3 Å². The maximum absolute atomic E-state index is 12.1. The fraction of sp³-hybridized carbons (Fsp3) is 0.385. The van der Waals surface area contributed by atoms with Gasteiger partial charge < -0.3 is 5.11 Å². The van der Waals surface area contributed by atoms with E-state index in [0.29, 0.717) is 0 Å². The minimum Gasteiger partial charge on any atom is -0.480 e. The van der Waals surface area contributed by atoms with Crippen molar-refractivity contribution in [3.63, 3.8) is 0 Å². The maximum Gasteiger partial charge on any atom is 0.322 e. The summed E-state index contributed by atoms with van der Waals surface area (Å²) in [7, 11) is -3.97. The molecule has 110 valence electrons. The Morgan fingerprint density at radius 2 is 1.85 bits per heavy atom. The summed E-state index contributed by atoms with van der Waals surface area (Å²) in [5, 5.41) is 8.95. The molecule has 1 unspecified atom stereocenters. The van der Waals surface area contributed by atoms with E-state index in [1.165, 1.54) is 19.1 Å². The van der Waals surface area contributed by atoms with Crippen LogP contribution in [0.15, 0.2) is 23.1 Å². The molecule has 0 bridgehead atoms. The van der Waals surface area contributed by atoms with Crippen molar-refractivity contribution in [2.45, 2.75) is 38.1 Å². The van der Waals surface area contributed by atoms with Gasteiger partial charge in [-0.05, 0) is 44.0 Å². The summed E-state index contributed by atoms with van der Waals surface area (Å²) in [6, 6.07) is 3.05. The SMILES string of the molecule is CC(=O)CC(NS(=O)(=O)c1ccc(C)c(C)c1)C(=O)O. The van der Waals surface area contributed by atoms with E-state index in [9.17, 15) is 18.0 Å². The number of rotatable bonds is 6. The largest absolute Gasteiger partial charge is 0.480 e. The number of aryl methyl sites for hydroxylation is 2. The number of sulfonamides is 1. The summed E-state index contributed by atoms with van der Waals surface area (Å²) in [6.45, 7) is 4.81. The second kappa shape index (κ2) is 6.15. The van der Waals surface area contributed by atoms with Gasteiger partial charge in [-0.2, -0.15) is 4.72 Å². The van der Waals surface area contributed by atoms with Gasteiger partial charge in [-0.1, -0.05) is 6.07 Å². The van der Waals surface area contributed by atoms with Crippen LogP contribution in [0, 0.1) is 13.8 Å². The van der Waals surface area contributed by atoms with Crippen LogP contribution in [-0.2, 0) is 19.6 Å². The van der Waals surface area contributed by atoms with Gasteiger partial charge in [-0.15, -0.1) is 0 Å². The van der Waals surface area contributed by atoms with Crippen molar-refractivity contribution >= 4 is 21.8 Å². The second-order valence-electron chi connectivity index (χ2n) is 4.66. The lowest BCUT2D eigenvalue weighted by molar-refractivity contribution is -0.140. The second-order valence-corrected chi connectivity index (χ2v) is 6.38. The average molecular weight is 299 g/mol. The Morgan fingerprint density at radius 1 is 1.25 bits per heavy atom. The minimum absolute atomic E-state index is 0.0181. The predicted octanol–water partition coefficient (Wildman–Crippen LogP) is 1.01. The summed E-state index contributed by atoms with van der Waals surface area (Å²) < 4.78 is 26.3. The zero-order chi connectivity index (χ0) is 15.5. The van der Waals surface area contributed by atoms with Crippen molar-refractivity contribution < 1.29 is 23.1 Å². The lowest BCUT2D eigenvalue weighted by Gasteiger charge is -2.14. The molecule has 0 amide bonds. The highest BCUT2D eigenvalue weighted by molar-refractivity contribution is 7.89. The molecule has 1 aromatic rings. The van der Waals surface area contributed by atoms with E-state index in [4.69, 9.17) is 5.11 Å². The fourth-order valence-corrected chi connectivity index (χ4v) is 2.88. The van der Waals surface area contributed by atoms with Crippen LogP contribution in [0.4, 0.5) is 0 Å². The van der Waals surface area contributed by atoms with Crippen LogP contribution in [0.3, 0.4) is 0 Å². The van der Waals surface area contributed by atoms with Crippen molar-refractivity contribution in [3.8, 4) is 0 Å². The molecule has 2 N–H and O–H groups in total. The van der Waals surface area contributed by atoms with Crippen LogP contribution in [0.5, 0.6) is 0 Å². The van der Waals surface area contributed by atoms with E-state index in [0.717, 1.165) is 11.1 Å². The van der Waals surface area contributed by atoms with Gasteiger partial charge in [0.1, 0.15) is 11.8 Å². The van der Waals surface area contributed by atoms with Crippen LogP contribution in [0.2, 0.25) is 0 Å². The Labute approximate surface area is 117 Å². The monoisotopic (exact) mass is 299 g/mol. The van der Waals surface area contributed by atoms with Gasteiger partial charge in [0.2, 0.25) is 10.0 Å². The molecule has 6 nitrogen and oxygen atoms in total. The number of ketones is 1. The van der Waals surface area contributed by atoms with Crippen LogP contribution in [-0.4, -0.2) is 31.3 Å². The Kier molecular flexibility index (Phi) is 5.02. The molecule has 0 spiro atoms. The van der Waals surface area contributed by atoms with Crippen molar-refractivity contribution in [2.24, 2.45) is 0 Å². The van der Waals surface area contributed by atoms with E-state index in [1.54, 1.807) is 13.0 Å². The molecule has 1 aromatic carbocycles. The van der Waals surface area contributed by atoms with Gasteiger partial charge in [-0.3, -0.25) is 9.59 Å². The van der Waals surface area contributed by atoms with Crippen LogP contribution < -0.4 is 4.72 Å². The number of benzene rings is 1. The quantitative estimate of drug-likeness (QED) is 0.816. The van der Waals surface area contributed by atoms with Crippen LogP contribution in [0.1, 0.15) is 24.5 Å². The highest BCUT2D eigenvalue weighted by atomic mass is 32.2. The van der Waals surface area contributed by atoms with Crippen molar-refractivity contribution in [3.05, 3.63) is 29.3 Å². The van der Waals surface area contributed by atoms with Gasteiger partial charge in [0.05, 0.1) is 4.90 Å². The highest BCUT2D eigenvalue weighted by Gasteiger charge is 2.26. The highest BCUT2D eigenvalue weighted by Crippen LogP contribution is 2.15. The lowest BCUT2D eigenvalue weighted by atomic mass is 10.1. The number of carboxylic acids is 1. The first-order valence-electron chi connectivity index (χ1n) is 5.95. The van der Waals surface area contributed by atoms with Gasteiger partial charge in [0.25, 0.3) is 0 Å². The van der Waals surface area contributed by atoms with Gasteiger partial charge in [-0.25, -0.2) is 8.42 Å². The molecule has 1 atom stereocenters. The molecule has 0 aliphatic heterocycles. The van der Waals surface area contributed by atoms with E-state index in [1.807, 2.05) is 11.6 Å². The summed E-state index contributed by atoms with van der Waals surface area (Å²) in [5.41, 5.74) is 1.72. The molecule has 20 heavy (non-hydrogen) atoms.